The van der Waals surface area contributed by atoms with E-state index in [-0.39, 0.29) is 11.3 Å². The van der Waals surface area contributed by atoms with Crippen molar-refractivity contribution in [3.63, 3.8) is 0 Å². The number of fused-ring (bicyclic) bond motifs is 1. The standard InChI is InChI=1S/C22H32N2O/c1-16(25)24-21-13-7-12-20(21)22(18-9-3-2-4-10-18)15-23-14-17-8-5-6-11-19(17)22/h5-6,8,11,18,20-21,23H,2-4,7,9-10,12-15H2,1H3,(H,24,25)/t20-,21-,22?/m0/s1. The first-order chi connectivity index (χ1) is 12.2. The summed E-state index contributed by atoms with van der Waals surface area (Å²) in [6, 6.07) is 9.45. The number of benzene rings is 1. The molecule has 136 valence electrons. The van der Waals surface area contributed by atoms with Crippen LogP contribution in [0.2, 0.25) is 0 Å². The summed E-state index contributed by atoms with van der Waals surface area (Å²) in [5.74, 6) is 1.44. The Labute approximate surface area is 152 Å². The van der Waals surface area contributed by atoms with Crippen LogP contribution in [0.15, 0.2) is 24.3 Å². The van der Waals surface area contributed by atoms with E-state index in [1.54, 1.807) is 12.5 Å². The van der Waals surface area contributed by atoms with Gasteiger partial charge in [-0.05, 0) is 48.6 Å². The first kappa shape index (κ1) is 17.1. The molecule has 4 rings (SSSR count). The summed E-state index contributed by atoms with van der Waals surface area (Å²) in [5.41, 5.74) is 3.26. The van der Waals surface area contributed by atoms with Gasteiger partial charge in [0, 0.05) is 31.5 Å². The van der Waals surface area contributed by atoms with Crippen LogP contribution >= 0.6 is 0 Å². The smallest absolute Gasteiger partial charge is 0.217 e. The molecule has 1 aromatic carbocycles. The normalized spacial score (nSPS) is 33.0. The topological polar surface area (TPSA) is 41.1 Å². The maximum atomic E-state index is 11.8. The van der Waals surface area contributed by atoms with Crippen molar-refractivity contribution in [1.29, 1.82) is 0 Å². The molecule has 2 saturated carbocycles. The van der Waals surface area contributed by atoms with Gasteiger partial charge in [0.25, 0.3) is 0 Å². The van der Waals surface area contributed by atoms with E-state index in [4.69, 9.17) is 0 Å². The van der Waals surface area contributed by atoms with Crippen LogP contribution in [-0.4, -0.2) is 18.5 Å². The lowest BCUT2D eigenvalue weighted by Crippen LogP contribution is -2.57. The highest BCUT2D eigenvalue weighted by molar-refractivity contribution is 5.73. The maximum Gasteiger partial charge on any atom is 0.217 e. The van der Waals surface area contributed by atoms with Crippen LogP contribution in [0.5, 0.6) is 0 Å². The summed E-state index contributed by atoms with van der Waals surface area (Å²) >= 11 is 0. The zero-order valence-electron chi connectivity index (χ0n) is 15.5. The molecule has 0 saturated heterocycles. The number of hydrogen-bond acceptors (Lipinski definition) is 2. The van der Waals surface area contributed by atoms with Crippen molar-refractivity contribution in [2.24, 2.45) is 11.8 Å². The van der Waals surface area contributed by atoms with Gasteiger partial charge >= 0.3 is 0 Å². The van der Waals surface area contributed by atoms with Crippen LogP contribution < -0.4 is 10.6 Å². The van der Waals surface area contributed by atoms with Gasteiger partial charge in [-0.25, -0.2) is 0 Å². The lowest BCUT2D eigenvalue weighted by Gasteiger charge is -2.52. The molecule has 2 N–H and O–H groups in total. The Kier molecular flexibility index (Phi) is 4.86. The molecule has 3 atom stereocenters. The lowest BCUT2D eigenvalue weighted by atomic mass is 9.55. The second kappa shape index (κ2) is 7.11. The number of carbonyl (C=O) groups is 1. The monoisotopic (exact) mass is 340 g/mol. The average molecular weight is 341 g/mol. The molecular weight excluding hydrogens is 308 g/mol. The van der Waals surface area contributed by atoms with Crippen molar-refractivity contribution in [3.8, 4) is 0 Å². The third-order valence-corrected chi connectivity index (χ3v) is 7.15. The van der Waals surface area contributed by atoms with Gasteiger partial charge in [0.05, 0.1) is 0 Å². The van der Waals surface area contributed by atoms with Gasteiger partial charge in [0.1, 0.15) is 0 Å². The average Bonchev–Trinajstić information content (AvgIpc) is 3.09. The van der Waals surface area contributed by atoms with Gasteiger partial charge < -0.3 is 10.6 Å². The fourth-order valence-electron chi connectivity index (χ4n) is 6.25. The summed E-state index contributed by atoms with van der Waals surface area (Å²) < 4.78 is 0. The molecule has 2 aliphatic carbocycles. The molecule has 2 fully saturated rings. The van der Waals surface area contributed by atoms with Gasteiger partial charge in [-0.3, -0.25) is 4.79 Å². The van der Waals surface area contributed by atoms with E-state index in [1.165, 1.54) is 50.5 Å². The molecule has 3 heteroatoms. The molecule has 0 radical (unpaired) electrons. The number of rotatable bonds is 3. The SMILES string of the molecule is CC(=O)N[C@H]1CCC[C@@H]1C1(C2CCCCC2)CNCc2ccccc21. The maximum absolute atomic E-state index is 11.8. The van der Waals surface area contributed by atoms with Crippen molar-refractivity contribution >= 4 is 5.91 Å². The van der Waals surface area contributed by atoms with E-state index in [2.05, 4.69) is 34.9 Å². The molecule has 1 amide bonds. The fraction of sp³-hybridized carbons (Fsp3) is 0.682. The third-order valence-electron chi connectivity index (χ3n) is 7.15. The second-order valence-corrected chi connectivity index (χ2v) is 8.48. The van der Waals surface area contributed by atoms with Crippen LogP contribution in [0.1, 0.15) is 69.4 Å². The molecular formula is C22H32N2O. The van der Waals surface area contributed by atoms with Crippen LogP contribution in [0.4, 0.5) is 0 Å². The van der Waals surface area contributed by atoms with E-state index >= 15 is 0 Å². The molecule has 3 nitrogen and oxygen atoms in total. The van der Waals surface area contributed by atoms with E-state index < -0.39 is 0 Å². The minimum atomic E-state index is 0.132. The first-order valence-corrected chi connectivity index (χ1v) is 10.3. The Morgan fingerprint density at radius 3 is 2.68 bits per heavy atom. The molecule has 1 aromatic rings. The van der Waals surface area contributed by atoms with Crippen molar-refractivity contribution in [2.75, 3.05) is 6.54 Å². The van der Waals surface area contributed by atoms with Crippen LogP contribution in [0.25, 0.3) is 0 Å². The van der Waals surface area contributed by atoms with Crippen LogP contribution in [0, 0.1) is 11.8 Å². The van der Waals surface area contributed by atoms with Crippen molar-refractivity contribution < 1.29 is 4.79 Å². The van der Waals surface area contributed by atoms with Crippen molar-refractivity contribution in [2.45, 2.75) is 76.3 Å². The highest BCUT2D eigenvalue weighted by atomic mass is 16.1. The fourth-order valence-corrected chi connectivity index (χ4v) is 6.25. The predicted octanol–water partition coefficient (Wildman–Crippen LogP) is 3.91. The Hall–Kier alpha value is -1.35. The van der Waals surface area contributed by atoms with Crippen LogP contribution in [-0.2, 0) is 16.8 Å². The van der Waals surface area contributed by atoms with Gasteiger partial charge in [-0.15, -0.1) is 0 Å². The van der Waals surface area contributed by atoms with Gasteiger partial charge in [-0.2, -0.15) is 0 Å². The molecule has 25 heavy (non-hydrogen) atoms. The highest BCUT2D eigenvalue weighted by Crippen LogP contribution is 2.53. The summed E-state index contributed by atoms with van der Waals surface area (Å²) in [6.45, 7) is 3.74. The minimum Gasteiger partial charge on any atom is -0.353 e. The van der Waals surface area contributed by atoms with Crippen molar-refractivity contribution in [1.82, 2.24) is 10.6 Å². The summed E-state index contributed by atoms with van der Waals surface area (Å²) in [6.07, 6.45) is 10.4. The van der Waals surface area contributed by atoms with E-state index in [1.807, 2.05) is 0 Å². The lowest BCUT2D eigenvalue weighted by molar-refractivity contribution is -0.120. The number of hydrogen-bond donors (Lipinski definition) is 2. The Morgan fingerprint density at radius 1 is 1.08 bits per heavy atom. The van der Waals surface area contributed by atoms with Crippen molar-refractivity contribution in [3.05, 3.63) is 35.4 Å². The molecule has 1 aliphatic heterocycles. The summed E-state index contributed by atoms with van der Waals surface area (Å²) in [7, 11) is 0. The first-order valence-electron chi connectivity index (χ1n) is 10.3. The molecule has 0 bridgehead atoms. The van der Waals surface area contributed by atoms with E-state index in [9.17, 15) is 4.79 Å². The minimum absolute atomic E-state index is 0.132. The predicted molar refractivity (Wildman–Crippen MR) is 101 cm³/mol. The van der Waals surface area contributed by atoms with Gasteiger partial charge in [-0.1, -0.05) is 49.9 Å². The number of amides is 1. The number of nitrogens with one attached hydrogen (secondary N) is 2. The van der Waals surface area contributed by atoms with Gasteiger partial charge in [0.15, 0.2) is 0 Å². The van der Waals surface area contributed by atoms with Crippen LogP contribution in [0.3, 0.4) is 0 Å². The molecule has 1 heterocycles. The Morgan fingerprint density at radius 2 is 1.88 bits per heavy atom. The molecule has 1 unspecified atom stereocenters. The highest BCUT2D eigenvalue weighted by Gasteiger charge is 2.52. The van der Waals surface area contributed by atoms with Gasteiger partial charge in [0.2, 0.25) is 5.91 Å². The molecule has 0 spiro atoms. The quantitative estimate of drug-likeness (QED) is 0.876. The third kappa shape index (κ3) is 3.01. The zero-order valence-corrected chi connectivity index (χ0v) is 15.5. The number of carbonyl (C=O) groups excluding carboxylic acids is 1. The van der Waals surface area contributed by atoms with E-state index in [0.29, 0.717) is 12.0 Å². The molecule has 0 aromatic heterocycles. The Bertz CT molecular complexity index is 622. The largest absolute Gasteiger partial charge is 0.353 e. The summed E-state index contributed by atoms with van der Waals surface area (Å²) in [4.78, 5) is 11.8. The Balaban J connectivity index is 1.78. The summed E-state index contributed by atoms with van der Waals surface area (Å²) in [5, 5.41) is 7.08. The van der Waals surface area contributed by atoms with E-state index in [0.717, 1.165) is 25.4 Å². The second-order valence-electron chi connectivity index (χ2n) is 8.48. The zero-order chi connectivity index (χ0) is 17.3. The molecule has 3 aliphatic rings.